The molecule has 146 valence electrons. The lowest BCUT2D eigenvalue weighted by Gasteiger charge is -2.49. The zero-order chi connectivity index (χ0) is 19.0. The molecule has 1 amide bonds. The monoisotopic (exact) mass is 373 g/mol. The van der Waals surface area contributed by atoms with Crippen LogP contribution in [-0.4, -0.2) is 50.0 Å². The van der Waals surface area contributed by atoms with E-state index in [0.717, 1.165) is 38.2 Å². The Morgan fingerprint density at radius 3 is 2.96 bits per heavy atom. The topological polar surface area (TPSA) is 96.4 Å². The molecule has 4 atom stereocenters. The molecule has 0 aromatic carbocycles. The highest BCUT2D eigenvalue weighted by Crippen LogP contribution is 2.37. The number of fused-ring (bicyclic) bond motifs is 3. The lowest BCUT2D eigenvalue weighted by Crippen LogP contribution is -2.57. The van der Waals surface area contributed by atoms with Crippen LogP contribution in [0.4, 0.5) is 0 Å². The van der Waals surface area contributed by atoms with Crippen molar-refractivity contribution in [2.24, 2.45) is 11.8 Å². The molecule has 3 aliphatic rings. The third-order valence-electron chi connectivity index (χ3n) is 5.80. The Kier molecular flexibility index (Phi) is 4.77. The number of rotatable bonds is 6. The molecule has 3 saturated heterocycles. The van der Waals surface area contributed by atoms with Gasteiger partial charge in [0, 0.05) is 12.6 Å². The number of nitrogens with zero attached hydrogens (tertiary/aromatic N) is 4. The van der Waals surface area contributed by atoms with Gasteiger partial charge in [0.1, 0.15) is 17.1 Å². The van der Waals surface area contributed by atoms with Crippen molar-refractivity contribution in [2.45, 2.75) is 51.4 Å². The molecule has 5 heterocycles. The summed E-state index contributed by atoms with van der Waals surface area (Å²) in [5, 5.41) is 21.3. The zero-order valence-electron chi connectivity index (χ0n) is 15.8. The predicted molar refractivity (Wildman–Crippen MR) is 97.4 cm³/mol. The van der Waals surface area contributed by atoms with Gasteiger partial charge in [-0.05, 0) is 51.3 Å². The summed E-state index contributed by atoms with van der Waals surface area (Å²) in [6, 6.07) is 4.05. The van der Waals surface area contributed by atoms with Crippen LogP contribution in [0.1, 0.15) is 38.1 Å². The molecule has 8 nitrogen and oxygen atoms in total. The second-order valence-corrected chi connectivity index (χ2v) is 8.22. The Hall–Kier alpha value is -2.19. The Balaban J connectivity index is 1.34. The first-order chi connectivity index (χ1) is 12.9. The highest BCUT2D eigenvalue weighted by atomic mass is 16.3. The largest absolute Gasteiger partial charge is 0.467 e. The highest BCUT2D eigenvalue weighted by Gasteiger charge is 2.43. The van der Waals surface area contributed by atoms with Crippen LogP contribution in [0.5, 0.6) is 0 Å². The number of carbonyl (C=O) groups excluding carboxylic acids is 1. The van der Waals surface area contributed by atoms with E-state index in [1.54, 1.807) is 20.1 Å². The van der Waals surface area contributed by atoms with Gasteiger partial charge in [0.2, 0.25) is 5.91 Å². The maximum Gasteiger partial charge on any atom is 0.225 e. The molecule has 0 saturated carbocycles. The van der Waals surface area contributed by atoms with Gasteiger partial charge >= 0.3 is 0 Å². The van der Waals surface area contributed by atoms with Crippen LogP contribution in [0, 0.1) is 11.8 Å². The average molecular weight is 373 g/mol. The molecule has 5 rings (SSSR count). The van der Waals surface area contributed by atoms with Crippen LogP contribution in [0.15, 0.2) is 29.0 Å². The first-order valence-electron chi connectivity index (χ1n) is 9.57. The predicted octanol–water partition coefficient (Wildman–Crippen LogP) is 1.13. The van der Waals surface area contributed by atoms with Gasteiger partial charge < -0.3 is 14.8 Å². The normalized spacial score (nSPS) is 27.7. The number of carbonyl (C=O) groups is 1. The van der Waals surface area contributed by atoms with Gasteiger partial charge in [-0.15, -0.1) is 5.10 Å². The Labute approximate surface area is 158 Å². The number of amides is 1. The highest BCUT2D eigenvalue weighted by molar-refractivity contribution is 5.79. The smallest absolute Gasteiger partial charge is 0.225 e. The Bertz CT molecular complexity index is 780. The lowest BCUT2D eigenvalue weighted by atomic mass is 9.75. The van der Waals surface area contributed by atoms with Crippen molar-refractivity contribution in [3.63, 3.8) is 0 Å². The quantitative estimate of drug-likeness (QED) is 0.788. The second-order valence-electron chi connectivity index (χ2n) is 8.22. The van der Waals surface area contributed by atoms with Gasteiger partial charge in [-0.2, -0.15) is 0 Å². The summed E-state index contributed by atoms with van der Waals surface area (Å²) in [7, 11) is 0. The summed E-state index contributed by atoms with van der Waals surface area (Å²) >= 11 is 0. The third-order valence-corrected chi connectivity index (χ3v) is 5.80. The molecule has 3 fully saturated rings. The molecule has 8 heteroatoms. The molecule has 0 aliphatic carbocycles. The van der Waals surface area contributed by atoms with Crippen LogP contribution >= 0.6 is 0 Å². The molecular weight excluding hydrogens is 346 g/mol. The summed E-state index contributed by atoms with van der Waals surface area (Å²) < 4.78 is 7.09. The van der Waals surface area contributed by atoms with E-state index in [0.29, 0.717) is 24.2 Å². The molecule has 3 aliphatic heterocycles. The van der Waals surface area contributed by atoms with E-state index in [2.05, 4.69) is 20.5 Å². The van der Waals surface area contributed by atoms with E-state index in [1.165, 1.54) is 0 Å². The molecule has 1 unspecified atom stereocenters. The standard InChI is InChI=1S/C19H27N5O3/c1-19(2,26)17-12-24(22-21-17)10-14-8-13-5-6-23(14)11-16(13)18(25)20-9-15-4-3-7-27-15/h3-4,7,12-14,16,26H,5-6,8-11H2,1-2H3,(H,20,25)/t13-,14-,16+/m1/s1. The summed E-state index contributed by atoms with van der Waals surface area (Å²) in [4.78, 5) is 15.0. The van der Waals surface area contributed by atoms with E-state index in [-0.39, 0.29) is 11.8 Å². The molecule has 2 aromatic heterocycles. The summed E-state index contributed by atoms with van der Waals surface area (Å²) in [6.07, 6.45) is 5.48. The summed E-state index contributed by atoms with van der Waals surface area (Å²) in [5.74, 6) is 1.32. The summed E-state index contributed by atoms with van der Waals surface area (Å²) in [5.41, 5.74) is -0.407. The van der Waals surface area contributed by atoms with E-state index in [4.69, 9.17) is 4.42 Å². The Morgan fingerprint density at radius 1 is 1.48 bits per heavy atom. The number of aromatic nitrogens is 3. The molecular formula is C19H27N5O3. The van der Waals surface area contributed by atoms with E-state index in [1.807, 2.05) is 23.0 Å². The minimum atomic E-state index is -0.985. The molecule has 0 radical (unpaired) electrons. The fourth-order valence-electron chi connectivity index (χ4n) is 4.23. The minimum Gasteiger partial charge on any atom is -0.467 e. The molecule has 2 bridgehead atoms. The van der Waals surface area contributed by atoms with Gasteiger partial charge in [0.05, 0.1) is 31.5 Å². The van der Waals surface area contributed by atoms with Crippen molar-refractivity contribution in [1.29, 1.82) is 0 Å². The van der Waals surface area contributed by atoms with Crippen LogP contribution in [-0.2, 0) is 23.5 Å². The number of furan rings is 1. The fraction of sp³-hybridized carbons (Fsp3) is 0.632. The molecule has 27 heavy (non-hydrogen) atoms. The third kappa shape index (κ3) is 3.91. The van der Waals surface area contributed by atoms with Crippen molar-refractivity contribution in [1.82, 2.24) is 25.2 Å². The van der Waals surface area contributed by atoms with Gasteiger partial charge in [-0.3, -0.25) is 14.4 Å². The maximum absolute atomic E-state index is 12.6. The first kappa shape index (κ1) is 18.2. The van der Waals surface area contributed by atoms with Gasteiger partial charge in [-0.1, -0.05) is 5.21 Å². The van der Waals surface area contributed by atoms with Crippen molar-refractivity contribution in [3.05, 3.63) is 36.0 Å². The van der Waals surface area contributed by atoms with E-state index < -0.39 is 5.60 Å². The second kappa shape index (κ2) is 7.09. The fourth-order valence-corrected chi connectivity index (χ4v) is 4.23. The lowest BCUT2D eigenvalue weighted by molar-refractivity contribution is -0.133. The number of piperidine rings is 3. The van der Waals surface area contributed by atoms with Crippen molar-refractivity contribution in [3.8, 4) is 0 Å². The van der Waals surface area contributed by atoms with Crippen LogP contribution in [0.25, 0.3) is 0 Å². The zero-order valence-corrected chi connectivity index (χ0v) is 15.8. The molecule has 2 aromatic rings. The number of hydrogen-bond acceptors (Lipinski definition) is 6. The van der Waals surface area contributed by atoms with E-state index >= 15 is 0 Å². The minimum absolute atomic E-state index is 0.0349. The SMILES string of the molecule is CC(C)(O)c1cn(C[C@H]2C[C@H]3CCN2C[C@@H]3C(=O)NCc2ccco2)nn1. The number of hydrogen-bond donors (Lipinski definition) is 2. The van der Waals surface area contributed by atoms with Crippen molar-refractivity contribution < 1.29 is 14.3 Å². The van der Waals surface area contributed by atoms with Gasteiger partial charge in [0.25, 0.3) is 0 Å². The van der Waals surface area contributed by atoms with E-state index in [9.17, 15) is 9.90 Å². The molecule has 2 N–H and O–H groups in total. The van der Waals surface area contributed by atoms with Gasteiger partial charge in [-0.25, -0.2) is 0 Å². The van der Waals surface area contributed by atoms with Crippen molar-refractivity contribution in [2.75, 3.05) is 13.1 Å². The van der Waals surface area contributed by atoms with Crippen LogP contribution in [0.2, 0.25) is 0 Å². The van der Waals surface area contributed by atoms with Gasteiger partial charge in [0.15, 0.2) is 0 Å². The van der Waals surface area contributed by atoms with Crippen LogP contribution < -0.4 is 5.32 Å². The number of aliphatic hydroxyl groups is 1. The first-order valence-corrected chi connectivity index (χ1v) is 9.57. The van der Waals surface area contributed by atoms with Crippen molar-refractivity contribution >= 4 is 5.91 Å². The maximum atomic E-state index is 12.6. The Morgan fingerprint density at radius 2 is 2.33 bits per heavy atom. The molecule has 0 spiro atoms. The van der Waals surface area contributed by atoms with Crippen LogP contribution in [0.3, 0.4) is 0 Å². The number of nitrogens with one attached hydrogen (secondary N) is 1. The summed E-state index contributed by atoms with van der Waals surface area (Å²) in [6.45, 7) is 6.40. The average Bonchev–Trinajstić information content (AvgIpc) is 3.31.